The lowest BCUT2D eigenvalue weighted by molar-refractivity contribution is 0.0887. The van der Waals surface area contributed by atoms with Crippen LogP contribution in [0.5, 0.6) is 0 Å². The third-order valence-electron chi connectivity index (χ3n) is 4.64. The molecule has 5 nitrogen and oxygen atoms in total. The van der Waals surface area contributed by atoms with Crippen molar-refractivity contribution in [3.8, 4) is 0 Å². The number of aryl methyl sites for hydroxylation is 2. The number of fused-ring (bicyclic) bond motifs is 1. The number of likely N-dealkylation sites (tertiary alicyclic amines) is 1. The van der Waals surface area contributed by atoms with Gasteiger partial charge in [-0.25, -0.2) is 9.97 Å². The van der Waals surface area contributed by atoms with E-state index in [1.54, 1.807) is 0 Å². The average molecular weight is 287 g/mol. The van der Waals surface area contributed by atoms with E-state index >= 15 is 0 Å². The van der Waals surface area contributed by atoms with Crippen molar-refractivity contribution in [2.75, 3.05) is 13.1 Å². The Labute approximate surface area is 126 Å². The Hall–Kier alpha value is -1.46. The largest absolute Gasteiger partial charge is 0.327 e. The zero-order chi connectivity index (χ0) is 15.2. The van der Waals surface area contributed by atoms with E-state index in [4.69, 9.17) is 5.73 Å². The molecule has 0 aliphatic carbocycles. The minimum absolute atomic E-state index is 0.169. The zero-order valence-corrected chi connectivity index (χ0v) is 13.4. The Balaban J connectivity index is 1.86. The highest BCUT2D eigenvalue weighted by molar-refractivity contribution is 5.35. The van der Waals surface area contributed by atoms with Gasteiger partial charge in [0.1, 0.15) is 0 Å². The van der Waals surface area contributed by atoms with E-state index in [1.165, 1.54) is 11.4 Å². The van der Waals surface area contributed by atoms with Gasteiger partial charge in [-0.2, -0.15) is 0 Å². The van der Waals surface area contributed by atoms with Crippen LogP contribution < -0.4 is 5.73 Å². The van der Waals surface area contributed by atoms with E-state index in [1.807, 2.05) is 13.1 Å². The van der Waals surface area contributed by atoms with Gasteiger partial charge in [0.2, 0.25) is 5.78 Å². The first-order valence-corrected chi connectivity index (χ1v) is 7.65. The van der Waals surface area contributed by atoms with E-state index in [-0.39, 0.29) is 5.41 Å². The molecule has 21 heavy (non-hydrogen) atoms. The van der Waals surface area contributed by atoms with Crippen molar-refractivity contribution >= 4 is 5.78 Å². The van der Waals surface area contributed by atoms with E-state index < -0.39 is 0 Å². The first-order chi connectivity index (χ1) is 9.87. The minimum Gasteiger partial charge on any atom is -0.327 e. The van der Waals surface area contributed by atoms with Gasteiger partial charge in [0.05, 0.1) is 11.9 Å². The molecule has 1 aliphatic heterocycles. The number of rotatable bonds is 2. The number of nitrogens with zero attached hydrogens (tertiary/aromatic N) is 4. The van der Waals surface area contributed by atoms with Crippen molar-refractivity contribution in [2.24, 2.45) is 11.1 Å². The minimum atomic E-state index is 0.169. The van der Waals surface area contributed by atoms with Crippen molar-refractivity contribution in [2.45, 2.75) is 46.7 Å². The van der Waals surface area contributed by atoms with Crippen LogP contribution in [0, 0.1) is 19.3 Å². The number of imidazole rings is 1. The highest BCUT2D eigenvalue weighted by atomic mass is 15.2. The smallest absolute Gasteiger partial charge is 0.234 e. The molecule has 1 unspecified atom stereocenters. The van der Waals surface area contributed by atoms with Gasteiger partial charge in [0.15, 0.2) is 0 Å². The molecule has 0 aromatic carbocycles. The maximum atomic E-state index is 6.23. The highest BCUT2D eigenvalue weighted by Crippen LogP contribution is 2.28. The topological polar surface area (TPSA) is 59.5 Å². The number of hydrogen-bond donors (Lipinski definition) is 1. The zero-order valence-electron chi connectivity index (χ0n) is 13.4. The van der Waals surface area contributed by atoms with Gasteiger partial charge < -0.3 is 5.73 Å². The summed E-state index contributed by atoms with van der Waals surface area (Å²) in [6, 6.07) is 2.40. The first kappa shape index (κ1) is 14.5. The van der Waals surface area contributed by atoms with Gasteiger partial charge in [0.25, 0.3) is 0 Å². The molecule has 0 bridgehead atoms. The van der Waals surface area contributed by atoms with E-state index in [9.17, 15) is 0 Å². The van der Waals surface area contributed by atoms with Crippen LogP contribution in [0.1, 0.15) is 37.4 Å². The van der Waals surface area contributed by atoms with Crippen LogP contribution in [-0.2, 0) is 6.54 Å². The molecule has 114 valence electrons. The lowest BCUT2D eigenvalue weighted by atomic mass is 9.80. The fourth-order valence-corrected chi connectivity index (χ4v) is 3.36. The van der Waals surface area contributed by atoms with Crippen LogP contribution in [-0.4, -0.2) is 38.4 Å². The third-order valence-corrected chi connectivity index (χ3v) is 4.64. The Morgan fingerprint density at radius 2 is 2.14 bits per heavy atom. The Morgan fingerprint density at radius 3 is 2.86 bits per heavy atom. The molecule has 5 heteroatoms. The highest BCUT2D eigenvalue weighted by Gasteiger charge is 2.33. The second-order valence-corrected chi connectivity index (χ2v) is 7.02. The van der Waals surface area contributed by atoms with Crippen LogP contribution in [0.25, 0.3) is 5.78 Å². The second kappa shape index (κ2) is 5.07. The molecule has 1 fully saturated rings. The fourth-order valence-electron chi connectivity index (χ4n) is 3.36. The van der Waals surface area contributed by atoms with Crippen molar-refractivity contribution in [3.63, 3.8) is 0 Å². The maximum absolute atomic E-state index is 6.23. The summed E-state index contributed by atoms with van der Waals surface area (Å²) in [6.45, 7) is 11.6. The lowest BCUT2D eigenvalue weighted by Crippen LogP contribution is -2.52. The van der Waals surface area contributed by atoms with Crippen molar-refractivity contribution in [1.82, 2.24) is 19.3 Å². The Bertz CT molecular complexity index is 658. The van der Waals surface area contributed by atoms with Gasteiger partial charge >= 0.3 is 0 Å². The number of aromatic nitrogens is 3. The quantitative estimate of drug-likeness (QED) is 0.916. The first-order valence-electron chi connectivity index (χ1n) is 7.65. The molecule has 1 atom stereocenters. The molecule has 2 aromatic heterocycles. The average Bonchev–Trinajstić information content (AvgIpc) is 2.76. The molecule has 3 heterocycles. The van der Waals surface area contributed by atoms with Gasteiger partial charge in [-0.1, -0.05) is 13.8 Å². The molecule has 0 saturated carbocycles. The monoisotopic (exact) mass is 287 g/mol. The number of hydrogen-bond acceptors (Lipinski definition) is 4. The normalized spacial score (nSPS) is 22.8. The summed E-state index contributed by atoms with van der Waals surface area (Å²) in [5.41, 5.74) is 9.81. The molecule has 2 aromatic rings. The third kappa shape index (κ3) is 2.68. The summed E-state index contributed by atoms with van der Waals surface area (Å²) < 4.78 is 2.16. The molecule has 1 aliphatic rings. The second-order valence-electron chi connectivity index (χ2n) is 7.02. The van der Waals surface area contributed by atoms with Crippen LogP contribution in [0.4, 0.5) is 0 Å². The molecule has 0 radical (unpaired) electrons. The van der Waals surface area contributed by atoms with Crippen LogP contribution in [0.3, 0.4) is 0 Å². The molecule has 0 spiro atoms. The maximum Gasteiger partial charge on any atom is 0.234 e. The summed E-state index contributed by atoms with van der Waals surface area (Å²) in [6.07, 6.45) is 3.01. The van der Waals surface area contributed by atoms with Gasteiger partial charge in [0, 0.05) is 37.1 Å². The number of piperidine rings is 1. The molecule has 3 rings (SSSR count). The van der Waals surface area contributed by atoms with Crippen molar-refractivity contribution in [1.29, 1.82) is 0 Å². The fraction of sp³-hybridized carbons (Fsp3) is 0.625. The predicted molar refractivity (Wildman–Crippen MR) is 84.1 cm³/mol. The van der Waals surface area contributed by atoms with E-state index in [0.29, 0.717) is 6.04 Å². The Kier molecular flexibility index (Phi) is 3.50. The van der Waals surface area contributed by atoms with Crippen molar-refractivity contribution < 1.29 is 0 Å². The standard InChI is InChI=1S/C16H25N5/c1-11-7-12(2)21-13(8-18-15(21)19-11)9-20-6-5-14(17)16(3,4)10-20/h7-8,14H,5-6,9-10,17H2,1-4H3. The predicted octanol–water partition coefficient (Wildman–Crippen LogP) is 1.91. The molecular weight excluding hydrogens is 262 g/mol. The lowest BCUT2D eigenvalue weighted by Gasteiger charge is -2.42. The molecule has 0 amide bonds. The molecular formula is C16H25N5. The van der Waals surface area contributed by atoms with Crippen LogP contribution >= 0.6 is 0 Å². The van der Waals surface area contributed by atoms with Gasteiger partial charge in [-0.05, 0) is 31.7 Å². The molecule has 2 N–H and O–H groups in total. The van der Waals surface area contributed by atoms with Crippen LogP contribution in [0.15, 0.2) is 12.3 Å². The summed E-state index contributed by atoms with van der Waals surface area (Å²) >= 11 is 0. The van der Waals surface area contributed by atoms with E-state index in [0.717, 1.165) is 37.5 Å². The molecule has 1 saturated heterocycles. The van der Waals surface area contributed by atoms with Gasteiger partial charge in [-0.3, -0.25) is 9.30 Å². The number of nitrogens with two attached hydrogens (primary N) is 1. The Morgan fingerprint density at radius 1 is 1.38 bits per heavy atom. The summed E-state index contributed by atoms with van der Waals surface area (Å²) in [5, 5.41) is 0. The van der Waals surface area contributed by atoms with Crippen molar-refractivity contribution in [3.05, 3.63) is 29.3 Å². The SMILES string of the molecule is Cc1cc(C)n2c(CN3CCC(N)C(C)(C)C3)cnc2n1. The summed E-state index contributed by atoms with van der Waals surface area (Å²) in [7, 11) is 0. The summed E-state index contributed by atoms with van der Waals surface area (Å²) in [4.78, 5) is 11.4. The summed E-state index contributed by atoms with van der Waals surface area (Å²) in [5.74, 6) is 0.801. The van der Waals surface area contributed by atoms with Crippen LogP contribution in [0.2, 0.25) is 0 Å². The van der Waals surface area contributed by atoms with E-state index in [2.05, 4.69) is 46.1 Å². The van der Waals surface area contributed by atoms with Gasteiger partial charge in [-0.15, -0.1) is 0 Å².